The van der Waals surface area contributed by atoms with E-state index in [9.17, 15) is 13.6 Å². The van der Waals surface area contributed by atoms with Gasteiger partial charge in [0.05, 0.1) is 17.5 Å². The van der Waals surface area contributed by atoms with Crippen LogP contribution >= 0.6 is 11.8 Å². The van der Waals surface area contributed by atoms with Gasteiger partial charge in [-0.25, -0.2) is 8.78 Å². The standard InChI is InChI=1S/C30H34F2N4O2S/c31-24-8-4-21(5-9-24)28(22-6-10-25(32)11-7-22)38-26-12-17-36(18-13-26)16-2-15-34-29(37)27-20-39-30(35-27)23-3-1-14-33-19-23/h1,3-11,14,19,26-28,30,35H,2,12-13,15-18,20H2,(H,34,37)/t27-,30?/m0/s1. The maximum atomic E-state index is 13.5. The Morgan fingerprint density at radius 3 is 2.33 bits per heavy atom. The summed E-state index contributed by atoms with van der Waals surface area (Å²) >= 11 is 1.73. The van der Waals surface area contributed by atoms with Crippen molar-refractivity contribution in [2.24, 2.45) is 0 Å². The van der Waals surface area contributed by atoms with Crippen molar-refractivity contribution >= 4 is 17.7 Å². The number of likely N-dealkylation sites (tertiary alicyclic amines) is 1. The van der Waals surface area contributed by atoms with Crippen LogP contribution in [0.3, 0.4) is 0 Å². The molecule has 2 aliphatic heterocycles. The van der Waals surface area contributed by atoms with E-state index < -0.39 is 0 Å². The van der Waals surface area contributed by atoms with E-state index >= 15 is 0 Å². The van der Waals surface area contributed by atoms with E-state index in [0.717, 1.165) is 61.3 Å². The molecule has 6 nitrogen and oxygen atoms in total. The summed E-state index contributed by atoms with van der Waals surface area (Å²) in [5.41, 5.74) is 2.79. The fourth-order valence-electron chi connectivity index (χ4n) is 5.07. The van der Waals surface area contributed by atoms with Crippen molar-refractivity contribution in [3.8, 4) is 0 Å². The first-order valence-electron chi connectivity index (χ1n) is 13.5. The summed E-state index contributed by atoms with van der Waals surface area (Å²) in [5, 5.41) is 6.58. The summed E-state index contributed by atoms with van der Waals surface area (Å²) < 4.78 is 33.5. The molecule has 2 saturated heterocycles. The van der Waals surface area contributed by atoms with Crippen LogP contribution < -0.4 is 10.6 Å². The molecule has 0 spiro atoms. The lowest BCUT2D eigenvalue weighted by Crippen LogP contribution is -2.44. The van der Waals surface area contributed by atoms with Crippen LogP contribution in [-0.2, 0) is 9.53 Å². The Balaban J connectivity index is 1.04. The molecule has 0 saturated carbocycles. The molecular weight excluding hydrogens is 518 g/mol. The van der Waals surface area contributed by atoms with Gasteiger partial charge in [0.15, 0.2) is 0 Å². The van der Waals surface area contributed by atoms with Crippen LogP contribution in [0.5, 0.6) is 0 Å². The molecule has 2 N–H and O–H groups in total. The lowest BCUT2D eigenvalue weighted by atomic mass is 10.00. The SMILES string of the molecule is O=C(NCCCN1CCC(OC(c2ccc(F)cc2)c2ccc(F)cc2)CC1)[C@@H]1CSC(c2cccnc2)N1. The Morgan fingerprint density at radius 2 is 1.72 bits per heavy atom. The molecule has 2 aromatic carbocycles. The van der Waals surface area contributed by atoms with Gasteiger partial charge in [-0.05, 0) is 72.8 Å². The monoisotopic (exact) mass is 552 g/mol. The molecule has 206 valence electrons. The summed E-state index contributed by atoms with van der Waals surface area (Å²) in [5.74, 6) is 0.200. The summed E-state index contributed by atoms with van der Waals surface area (Å²) in [6, 6.07) is 16.4. The van der Waals surface area contributed by atoms with Crippen LogP contribution in [0.4, 0.5) is 8.78 Å². The predicted octanol–water partition coefficient (Wildman–Crippen LogP) is 4.84. The number of ether oxygens (including phenoxy) is 1. The van der Waals surface area contributed by atoms with Crippen LogP contribution in [0.25, 0.3) is 0 Å². The van der Waals surface area contributed by atoms with Gasteiger partial charge < -0.3 is 15.0 Å². The maximum absolute atomic E-state index is 13.5. The number of aromatic nitrogens is 1. The van der Waals surface area contributed by atoms with E-state index in [2.05, 4.69) is 20.5 Å². The normalized spacial score (nSPS) is 20.4. The topological polar surface area (TPSA) is 66.5 Å². The third kappa shape index (κ3) is 7.63. The minimum Gasteiger partial charge on any atom is -0.365 e. The van der Waals surface area contributed by atoms with Crippen LogP contribution in [-0.4, -0.2) is 59.9 Å². The molecule has 0 radical (unpaired) electrons. The van der Waals surface area contributed by atoms with Crippen molar-refractivity contribution in [1.82, 2.24) is 20.5 Å². The molecule has 5 rings (SSSR count). The van der Waals surface area contributed by atoms with Crippen LogP contribution in [0.15, 0.2) is 73.1 Å². The van der Waals surface area contributed by atoms with Gasteiger partial charge in [0, 0.05) is 37.8 Å². The molecule has 2 aliphatic rings. The number of rotatable bonds is 10. The Bertz CT molecular complexity index is 1150. The molecule has 2 atom stereocenters. The minimum absolute atomic E-state index is 0.0497. The first-order valence-corrected chi connectivity index (χ1v) is 14.5. The molecular formula is C30H34F2N4O2S. The Hall–Kier alpha value is -2.85. The highest BCUT2D eigenvalue weighted by atomic mass is 32.2. The number of hydrogen-bond acceptors (Lipinski definition) is 6. The third-order valence-corrected chi connectivity index (χ3v) is 8.51. The van der Waals surface area contributed by atoms with Gasteiger partial charge in [-0.15, -0.1) is 11.8 Å². The van der Waals surface area contributed by atoms with Crippen molar-refractivity contribution in [3.63, 3.8) is 0 Å². The fraction of sp³-hybridized carbons (Fsp3) is 0.400. The molecule has 9 heteroatoms. The van der Waals surface area contributed by atoms with E-state index in [1.807, 2.05) is 18.3 Å². The number of carbonyl (C=O) groups is 1. The number of nitrogens with zero attached hydrogens (tertiary/aromatic N) is 2. The molecule has 39 heavy (non-hydrogen) atoms. The van der Waals surface area contributed by atoms with Crippen LogP contribution in [0.2, 0.25) is 0 Å². The number of carbonyl (C=O) groups excluding carboxylic acids is 1. The van der Waals surface area contributed by atoms with Crippen molar-refractivity contribution < 1.29 is 18.3 Å². The largest absolute Gasteiger partial charge is 0.365 e. The maximum Gasteiger partial charge on any atom is 0.238 e. The number of piperidine rings is 1. The van der Waals surface area contributed by atoms with Crippen LogP contribution in [0, 0.1) is 11.6 Å². The van der Waals surface area contributed by atoms with Crippen molar-refractivity contribution in [2.75, 3.05) is 31.9 Å². The smallest absolute Gasteiger partial charge is 0.238 e. The van der Waals surface area contributed by atoms with Gasteiger partial charge in [0.1, 0.15) is 17.7 Å². The minimum atomic E-state index is -0.377. The number of benzene rings is 2. The quantitative estimate of drug-likeness (QED) is 0.351. The van der Waals surface area contributed by atoms with Gasteiger partial charge in [-0.1, -0.05) is 30.3 Å². The van der Waals surface area contributed by atoms with Gasteiger partial charge in [-0.3, -0.25) is 15.1 Å². The van der Waals surface area contributed by atoms with Gasteiger partial charge in [-0.2, -0.15) is 0 Å². The molecule has 0 aliphatic carbocycles. The lowest BCUT2D eigenvalue weighted by Gasteiger charge is -2.34. The molecule has 0 bridgehead atoms. The van der Waals surface area contributed by atoms with Gasteiger partial charge in [0.2, 0.25) is 5.91 Å². The van der Waals surface area contributed by atoms with Crippen molar-refractivity contribution in [3.05, 3.63) is 101 Å². The Morgan fingerprint density at radius 1 is 1.05 bits per heavy atom. The average Bonchev–Trinajstić information content (AvgIpc) is 3.47. The zero-order valence-corrected chi connectivity index (χ0v) is 22.6. The third-order valence-electron chi connectivity index (χ3n) is 7.24. The number of hydrogen-bond donors (Lipinski definition) is 2. The average molecular weight is 553 g/mol. The number of amides is 1. The van der Waals surface area contributed by atoms with Crippen molar-refractivity contribution in [1.29, 1.82) is 0 Å². The Kier molecular flexibility index (Phi) is 9.58. The van der Waals surface area contributed by atoms with E-state index in [1.165, 1.54) is 24.3 Å². The first kappa shape index (κ1) is 27.7. The second kappa shape index (κ2) is 13.5. The van der Waals surface area contributed by atoms with E-state index in [4.69, 9.17) is 4.74 Å². The number of nitrogens with one attached hydrogen (secondary N) is 2. The summed E-state index contributed by atoms with van der Waals surface area (Å²) in [6.45, 7) is 3.38. The lowest BCUT2D eigenvalue weighted by molar-refractivity contribution is -0.122. The Labute approximate surface area is 232 Å². The fourth-order valence-corrected chi connectivity index (χ4v) is 6.29. The van der Waals surface area contributed by atoms with Gasteiger partial charge >= 0.3 is 0 Å². The summed E-state index contributed by atoms with van der Waals surface area (Å²) in [6.07, 6.45) is 5.91. The predicted molar refractivity (Wildman–Crippen MR) is 149 cm³/mol. The van der Waals surface area contributed by atoms with Gasteiger partial charge in [0.25, 0.3) is 0 Å². The van der Waals surface area contributed by atoms with Crippen LogP contribution in [0.1, 0.15) is 47.4 Å². The highest BCUT2D eigenvalue weighted by molar-refractivity contribution is 7.99. The number of pyridine rings is 1. The zero-order chi connectivity index (χ0) is 27.0. The van der Waals surface area contributed by atoms with E-state index in [0.29, 0.717) is 6.54 Å². The van der Waals surface area contributed by atoms with E-state index in [1.54, 1.807) is 42.2 Å². The van der Waals surface area contributed by atoms with E-state index in [-0.39, 0.29) is 41.2 Å². The molecule has 1 amide bonds. The number of halogens is 2. The highest BCUT2D eigenvalue weighted by Gasteiger charge is 2.30. The molecule has 1 unspecified atom stereocenters. The zero-order valence-electron chi connectivity index (χ0n) is 21.8. The summed E-state index contributed by atoms with van der Waals surface area (Å²) in [4.78, 5) is 19.2. The molecule has 3 aromatic rings. The first-order chi connectivity index (χ1) is 19.0. The summed E-state index contributed by atoms with van der Waals surface area (Å²) in [7, 11) is 0. The van der Waals surface area contributed by atoms with Crippen molar-refractivity contribution in [2.45, 2.75) is 42.9 Å². The molecule has 3 heterocycles. The molecule has 2 fully saturated rings. The second-order valence-electron chi connectivity index (χ2n) is 10.0. The highest BCUT2D eigenvalue weighted by Crippen LogP contribution is 2.32. The number of thioether (sulfide) groups is 1. The second-order valence-corrected chi connectivity index (χ2v) is 11.2. The molecule has 1 aromatic heterocycles.